The first kappa shape index (κ1) is 22.0. The van der Waals surface area contributed by atoms with Gasteiger partial charge in [-0.15, -0.1) is 0 Å². The maximum atomic E-state index is 13.0. The number of sulfonamides is 1. The molecule has 2 atom stereocenters. The van der Waals surface area contributed by atoms with Crippen LogP contribution in [0.4, 0.5) is 0 Å². The van der Waals surface area contributed by atoms with Gasteiger partial charge >= 0.3 is 0 Å². The highest BCUT2D eigenvalue weighted by atomic mass is 32.2. The Balaban J connectivity index is 1.53. The molecule has 0 bridgehead atoms. The summed E-state index contributed by atoms with van der Waals surface area (Å²) in [7, 11) is -2.11. The second kappa shape index (κ2) is 8.07. The summed E-state index contributed by atoms with van der Waals surface area (Å²) in [6.07, 6.45) is 0. The van der Waals surface area contributed by atoms with Crippen molar-refractivity contribution in [2.45, 2.75) is 30.7 Å². The molecular weight excluding hydrogens is 424 g/mol. The Hall–Kier alpha value is -3.16. The number of carbonyl (C=O) groups excluding carboxylic acids is 1. The fourth-order valence-corrected chi connectivity index (χ4v) is 4.85. The van der Waals surface area contributed by atoms with Crippen LogP contribution >= 0.6 is 0 Å². The van der Waals surface area contributed by atoms with E-state index in [4.69, 9.17) is 9.88 Å². The lowest BCUT2D eigenvalue weighted by Crippen LogP contribution is -2.28. The first-order valence-electron chi connectivity index (χ1n) is 10.3. The van der Waals surface area contributed by atoms with Gasteiger partial charge in [0.2, 0.25) is 10.0 Å². The van der Waals surface area contributed by atoms with E-state index in [2.05, 4.69) is 19.2 Å². The van der Waals surface area contributed by atoms with Crippen molar-refractivity contribution in [2.24, 2.45) is 10.6 Å². The van der Waals surface area contributed by atoms with Crippen LogP contribution in [0.2, 0.25) is 0 Å². The van der Waals surface area contributed by atoms with Gasteiger partial charge in [-0.1, -0.05) is 56.3 Å². The molecule has 1 amide bonds. The lowest BCUT2D eigenvalue weighted by Gasteiger charge is -2.11. The molecule has 3 N–H and O–H groups in total. The molecule has 1 aliphatic rings. The van der Waals surface area contributed by atoms with Crippen LogP contribution in [-0.2, 0) is 10.0 Å². The Bertz CT molecular complexity index is 1270. The van der Waals surface area contributed by atoms with E-state index in [1.54, 1.807) is 25.3 Å². The van der Waals surface area contributed by atoms with Gasteiger partial charge in [0.1, 0.15) is 5.75 Å². The van der Waals surface area contributed by atoms with Gasteiger partial charge in [0.05, 0.1) is 12.0 Å². The molecule has 0 spiro atoms. The summed E-state index contributed by atoms with van der Waals surface area (Å²) in [5.41, 5.74) is 3.21. The Morgan fingerprint density at radius 1 is 1.00 bits per heavy atom. The number of para-hydroxylation sites is 1. The van der Waals surface area contributed by atoms with Crippen molar-refractivity contribution in [2.75, 3.05) is 7.11 Å². The number of amides is 1. The number of hydrogen-bond donors (Lipinski definition) is 2. The molecule has 0 radical (unpaired) electrons. The molecule has 1 aliphatic carbocycles. The van der Waals surface area contributed by atoms with Gasteiger partial charge in [-0.25, -0.2) is 13.6 Å². The third-order valence-electron chi connectivity index (χ3n) is 6.22. The van der Waals surface area contributed by atoms with Crippen LogP contribution in [0, 0.1) is 5.41 Å². The monoisotopic (exact) mass is 450 g/mol. The van der Waals surface area contributed by atoms with E-state index in [-0.39, 0.29) is 28.2 Å². The summed E-state index contributed by atoms with van der Waals surface area (Å²) in [5, 5.41) is 8.34. The molecule has 0 saturated heterocycles. The van der Waals surface area contributed by atoms with Gasteiger partial charge in [-0.3, -0.25) is 4.79 Å². The number of ether oxygens (including phenoxy) is 1. The Morgan fingerprint density at radius 3 is 2.34 bits per heavy atom. The zero-order valence-electron chi connectivity index (χ0n) is 18.2. The minimum absolute atomic E-state index is 0.0646. The highest BCUT2D eigenvalue weighted by molar-refractivity contribution is 7.89. The summed E-state index contributed by atoms with van der Waals surface area (Å²) in [4.78, 5) is 13.1. The average Bonchev–Trinajstić information content (AvgIpc) is 3.32. The Morgan fingerprint density at radius 2 is 1.69 bits per heavy atom. The van der Waals surface area contributed by atoms with E-state index in [1.165, 1.54) is 12.1 Å². The summed E-state index contributed by atoms with van der Waals surface area (Å²) in [6, 6.07) is 21.6. The van der Waals surface area contributed by atoms with Crippen molar-refractivity contribution in [3.05, 3.63) is 83.9 Å². The first-order valence-corrected chi connectivity index (χ1v) is 11.8. The summed E-state index contributed by atoms with van der Waals surface area (Å²) in [5.74, 6) is 0.679. The van der Waals surface area contributed by atoms with Crippen molar-refractivity contribution in [1.29, 1.82) is 0 Å². The van der Waals surface area contributed by atoms with Gasteiger partial charge in [0.25, 0.3) is 5.91 Å². The summed E-state index contributed by atoms with van der Waals surface area (Å²) >= 11 is 0. The molecule has 3 aromatic carbocycles. The molecule has 0 aliphatic heterocycles. The lowest BCUT2D eigenvalue weighted by molar-refractivity contribution is 0.0946. The third-order valence-corrected chi connectivity index (χ3v) is 7.15. The zero-order chi connectivity index (χ0) is 23.1. The zero-order valence-corrected chi connectivity index (χ0v) is 19.0. The van der Waals surface area contributed by atoms with Crippen LogP contribution in [0.3, 0.4) is 0 Å². The second-order valence-corrected chi connectivity index (χ2v) is 10.2. The number of carbonyl (C=O) groups is 1. The van der Waals surface area contributed by atoms with Gasteiger partial charge in [-0.05, 0) is 46.9 Å². The van der Waals surface area contributed by atoms with Gasteiger partial charge in [0, 0.05) is 23.1 Å². The predicted octanol–water partition coefficient (Wildman–Crippen LogP) is 3.93. The molecule has 0 heterocycles. The fourth-order valence-electron chi connectivity index (χ4n) is 4.33. The topological polar surface area (TPSA) is 98.5 Å². The molecule has 166 valence electrons. The van der Waals surface area contributed by atoms with Gasteiger partial charge < -0.3 is 10.1 Å². The molecule has 32 heavy (non-hydrogen) atoms. The Kier molecular flexibility index (Phi) is 5.56. The number of hydrogen-bond acceptors (Lipinski definition) is 4. The van der Waals surface area contributed by atoms with Crippen LogP contribution in [0.5, 0.6) is 5.75 Å². The molecule has 6 nitrogen and oxygen atoms in total. The van der Waals surface area contributed by atoms with E-state index >= 15 is 0 Å². The SMILES string of the molecule is COc1ccccc1-c1cccc(C(=O)N[C@@H]2C(c3ccc(S(N)(=O)=O)cc3)C2(C)C)c1. The van der Waals surface area contributed by atoms with Crippen LogP contribution in [0.1, 0.15) is 35.7 Å². The minimum atomic E-state index is -3.73. The van der Waals surface area contributed by atoms with Crippen molar-refractivity contribution in [3.8, 4) is 16.9 Å². The number of methoxy groups -OCH3 is 1. The highest BCUT2D eigenvalue weighted by Crippen LogP contribution is 2.58. The number of nitrogens with two attached hydrogens (primary N) is 1. The van der Waals surface area contributed by atoms with Crippen molar-refractivity contribution in [3.63, 3.8) is 0 Å². The van der Waals surface area contributed by atoms with E-state index in [9.17, 15) is 13.2 Å². The van der Waals surface area contributed by atoms with E-state index in [0.717, 1.165) is 22.4 Å². The van der Waals surface area contributed by atoms with Gasteiger partial charge in [0.15, 0.2) is 0 Å². The molecule has 1 saturated carbocycles. The maximum Gasteiger partial charge on any atom is 0.251 e. The van der Waals surface area contributed by atoms with Gasteiger partial charge in [-0.2, -0.15) is 0 Å². The van der Waals surface area contributed by atoms with E-state index in [0.29, 0.717) is 5.56 Å². The van der Waals surface area contributed by atoms with Crippen LogP contribution in [0.15, 0.2) is 77.7 Å². The molecule has 4 rings (SSSR count). The first-order chi connectivity index (χ1) is 15.1. The molecule has 7 heteroatoms. The number of nitrogens with one attached hydrogen (secondary N) is 1. The minimum Gasteiger partial charge on any atom is -0.496 e. The smallest absolute Gasteiger partial charge is 0.251 e. The largest absolute Gasteiger partial charge is 0.496 e. The highest BCUT2D eigenvalue weighted by Gasteiger charge is 2.59. The fraction of sp³-hybridized carbons (Fsp3) is 0.240. The third kappa shape index (κ3) is 4.13. The normalized spacial score (nSPS) is 19.2. The molecule has 0 aromatic heterocycles. The molecule has 1 fully saturated rings. The van der Waals surface area contributed by atoms with E-state index < -0.39 is 10.0 Å². The summed E-state index contributed by atoms with van der Waals surface area (Å²) in [6.45, 7) is 4.17. The lowest BCUT2D eigenvalue weighted by atomic mass is 10.0. The van der Waals surface area contributed by atoms with Crippen LogP contribution < -0.4 is 15.2 Å². The number of benzene rings is 3. The van der Waals surface area contributed by atoms with E-state index in [1.807, 2.05) is 42.5 Å². The van der Waals surface area contributed by atoms with Crippen LogP contribution in [-0.4, -0.2) is 27.5 Å². The molecular formula is C25H26N2O4S. The maximum absolute atomic E-state index is 13.0. The number of primary sulfonamides is 1. The van der Waals surface area contributed by atoms with Crippen molar-refractivity contribution in [1.82, 2.24) is 5.32 Å². The summed E-state index contributed by atoms with van der Waals surface area (Å²) < 4.78 is 28.5. The molecule has 3 aromatic rings. The standard InChI is InChI=1S/C25H26N2O4S/c1-25(2)22(16-11-13-19(14-12-16)32(26,29)30)23(25)27-24(28)18-8-6-7-17(15-18)20-9-4-5-10-21(20)31-3/h4-15,22-23H,1-3H3,(H,27,28)(H2,26,29,30)/t22?,23-/m1/s1. The predicted molar refractivity (Wildman–Crippen MR) is 124 cm³/mol. The van der Waals surface area contributed by atoms with Crippen LogP contribution in [0.25, 0.3) is 11.1 Å². The average molecular weight is 451 g/mol. The molecule has 1 unspecified atom stereocenters. The Labute approximate surface area is 188 Å². The second-order valence-electron chi connectivity index (χ2n) is 8.65. The number of rotatable bonds is 6. The van der Waals surface area contributed by atoms with Crippen molar-refractivity contribution >= 4 is 15.9 Å². The van der Waals surface area contributed by atoms with Crippen molar-refractivity contribution < 1.29 is 17.9 Å². The quantitative estimate of drug-likeness (QED) is 0.594.